The second kappa shape index (κ2) is 10.6. The number of carbonyl (C=O) groups excluding carboxylic acids is 1. The van der Waals surface area contributed by atoms with Crippen LogP contribution in [-0.2, 0) is 0 Å². The zero-order valence-electron chi connectivity index (χ0n) is 22.0. The molecule has 8 heteroatoms. The molecule has 1 amide bonds. The van der Waals surface area contributed by atoms with E-state index in [1.54, 1.807) is 39.5 Å². The first kappa shape index (κ1) is 25.3. The average molecular weight is 511 g/mol. The van der Waals surface area contributed by atoms with E-state index in [1.165, 1.54) is 4.90 Å². The van der Waals surface area contributed by atoms with Crippen LogP contribution < -0.4 is 9.47 Å². The summed E-state index contributed by atoms with van der Waals surface area (Å²) < 4.78 is 18.1. The predicted octanol–water partition coefficient (Wildman–Crippen LogP) is 5.22. The molecule has 1 saturated heterocycles. The number of aromatic nitrogens is 1. The van der Waals surface area contributed by atoms with E-state index < -0.39 is 0 Å². The second-order valence-electron chi connectivity index (χ2n) is 9.74. The summed E-state index contributed by atoms with van der Waals surface area (Å²) in [6, 6.07) is 17.0. The molecule has 0 N–H and O–H groups in total. The van der Waals surface area contributed by atoms with Crippen LogP contribution in [0.15, 0.2) is 59.1 Å². The Labute approximate surface area is 222 Å². The summed E-state index contributed by atoms with van der Waals surface area (Å²) in [4.78, 5) is 20.7. The van der Waals surface area contributed by atoms with Crippen molar-refractivity contribution in [1.82, 2.24) is 14.8 Å². The van der Waals surface area contributed by atoms with Gasteiger partial charge in [-0.2, -0.15) is 5.26 Å². The van der Waals surface area contributed by atoms with Crippen LogP contribution in [0, 0.1) is 11.3 Å². The number of carbonyl (C=O) groups is 1. The minimum Gasteiger partial charge on any atom is -0.496 e. The fraction of sp³-hybridized carbons (Fsp3) is 0.300. The molecule has 0 atom stereocenters. The Morgan fingerprint density at radius 1 is 1.08 bits per heavy atom. The number of hydrogen-bond donors (Lipinski definition) is 0. The van der Waals surface area contributed by atoms with Gasteiger partial charge in [-0.05, 0) is 61.9 Å². The fourth-order valence-electron chi connectivity index (χ4n) is 4.75. The molecule has 3 heterocycles. The number of amides is 1. The number of pyridine rings is 1. The Bertz CT molecular complexity index is 1530. The summed E-state index contributed by atoms with van der Waals surface area (Å²) in [5, 5.41) is 9.87. The summed E-state index contributed by atoms with van der Waals surface area (Å²) in [6.45, 7) is 1.97. The minimum atomic E-state index is -0.111. The molecular formula is C30H30N4O4. The van der Waals surface area contributed by atoms with Gasteiger partial charge < -0.3 is 23.7 Å². The SMILES string of the molecule is COc1cc(C(=O)N(C)C)ccc1-c1cc2nccc(-c3ccc(OC4CCN(C)CC4)c(C#N)c3)c2o1. The van der Waals surface area contributed by atoms with Crippen LogP contribution in [0.25, 0.3) is 33.6 Å². The molecule has 1 fully saturated rings. The van der Waals surface area contributed by atoms with Gasteiger partial charge in [-0.15, -0.1) is 0 Å². The predicted molar refractivity (Wildman–Crippen MR) is 145 cm³/mol. The third-order valence-electron chi connectivity index (χ3n) is 6.90. The third-order valence-corrected chi connectivity index (χ3v) is 6.90. The number of furan rings is 1. The Balaban J connectivity index is 1.49. The molecule has 0 unspecified atom stereocenters. The molecule has 8 nitrogen and oxygen atoms in total. The van der Waals surface area contributed by atoms with Crippen molar-refractivity contribution in [2.24, 2.45) is 0 Å². The number of methoxy groups -OCH3 is 1. The molecule has 2 aromatic heterocycles. The molecule has 4 aromatic rings. The van der Waals surface area contributed by atoms with E-state index >= 15 is 0 Å². The van der Waals surface area contributed by atoms with Gasteiger partial charge in [0.1, 0.15) is 34.9 Å². The molecule has 0 aliphatic carbocycles. The highest BCUT2D eigenvalue weighted by Crippen LogP contribution is 2.38. The molecule has 194 valence electrons. The molecule has 0 radical (unpaired) electrons. The standard InChI is InChI=1S/C30H30N4O4/c1-33(2)30(35)20-5-7-24(27(16-20)36-4)28-17-25-29(38-28)23(9-12-32-25)19-6-8-26(21(15-19)18-31)37-22-10-13-34(3)14-11-22/h5-9,12,15-17,22H,10-11,13-14H2,1-4H3. The zero-order chi connectivity index (χ0) is 26.8. The molecule has 0 bridgehead atoms. The monoisotopic (exact) mass is 510 g/mol. The van der Waals surface area contributed by atoms with E-state index in [4.69, 9.17) is 13.9 Å². The van der Waals surface area contributed by atoms with E-state index in [1.807, 2.05) is 36.4 Å². The molecule has 38 heavy (non-hydrogen) atoms. The lowest BCUT2D eigenvalue weighted by molar-refractivity contribution is 0.0827. The third kappa shape index (κ3) is 4.93. The van der Waals surface area contributed by atoms with Crippen LogP contribution in [0.1, 0.15) is 28.8 Å². The second-order valence-corrected chi connectivity index (χ2v) is 9.74. The fourth-order valence-corrected chi connectivity index (χ4v) is 4.75. The van der Waals surface area contributed by atoms with E-state index in [0.717, 1.165) is 37.1 Å². The normalized spacial score (nSPS) is 14.3. The van der Waals surface area contributed by atoms with Gasteiger partial charge in [0.2, 0.25) is 0 Å². The van der Waals surface area contributed by atoms with Gasteiger partial charge in [0.15, 0.2) is 5.58 Å². The van der Waals surface area contributed by atoms with Crippen molar-refractivity contribution in [2.75, 3.05) is 41.3 Å². The zero-order valence-corrected chi connectivity index (χ0v) is 22.0. The van der Waals surface area contributed by atoms with E-state index in [2.05, 4.69) is 23.0 Å². The molecule has 0 saturated carbocycles. The highest BCUT2D eigenvalue weighted by molar-refractivity contribution is 5.96. The highest BCUT2D eigenvalue weighted by Gasteiger charge is 2.21. The van der Waals surface area contributed by atoms with Crippen molar-refractivity contribution in [2.45, 2.75) is 18.9 Å². The number of rotatable bonds is 6. The number of nitriles is 1. The number of likely N-dealkylation sites (tertiary alicyclic amines) is 1. The first-order chi connectivity index (χ1) is 18.4. The van der Waals surface area contributed by atoms with Crippen molar-refractivity contribution in [1.29, 1.82) is 5.26 Å². The number of fused-ring (bicyclic) bond motifs is 1. The van der Waals surface area contributed by atoms with Crippen molar-refractivity contribution in [3.63, 3.8) is 0 Å². The maximum Gasteiger partial charge on any atom is 0.253 e. The Kier molecular flexibility index (Phi) is 7.03. The van der Waals surface area contributed by atoms with Crippen molar-refractivity contribution >= 4 is 17.0 Å². The van der Waals surface area contributed by atoms with Gasteiger partial charge >= 0.3 is 0 Å². The number of benzene rings is 2. The van der Waals surface area contributed by atoms with Crippen molar-refractivity contribution < 1.29 is 18.7 Å². The summed E-state index contributed by atoms with van der Waals surface area (Å²) in [6.07, 6.45) is 3.72. The average Bonchev–Trinajstić information content (AvgIpc) is 3.38. The first-order valence-electron chi connectivity index (χ1n) is 12.6. The van der Waals surface area contributed by atoms with Crippen LogP contribution in [0.4, 0.5) is 0 Å². The summed E-state index contributed by atoms with van der Waals surface area (Å²) in [5.74, 6) is 1.59. The van der Waals surface area contributed by atoms with E-state index in [9.17, 15) is 10.1 Å². The largest absolute Gasteiger partial charge is 0.496 e. The Morgan fingerprint density at radius 3 is 2.58 bits per heavy atom. The van der Waals surface area contributed by atoms with Crippen LogP contribution >= 0.6 is 0 Å². The van der Waals surface area contributed by atoms with Gasteiger partial charge in [0.25, 0.3) is 5.91 Å². The molecular weight excluding hydrogens is 480 g/mol. The maximum absolute atomic E-state index is 12.4. The van der Waals surface area contributed by atoms with Crippen LogP contribution in [-0.4, -0.2) is 68.1 Å². The molecule has 1 aliphatic rings. The smallest absolute Gasteiger partial charge is 0.253 e. The van der Waals surface area contributed by atoms with Gasteiger partial charge in [-0.1, -0.05) is 6.07 Å². The molecule has 5 rings (SSSR count). The summed E-state index contributed by atoms with van der Waals surface area (Å²) in [7, 11) is 7.09. The van der Waals surface area contributed by atoms with Gasteiger partial charge in [-0.3, -0.25) is 9.78 Å². The molecule has 0 spiro atoms. The Hall–Kier alpha value is -4.35. The number of ether oxygens (including phenoxy) is 2. The Morgan fingerprint density at radius 2 is 1.87 bits per heavy atom. The van der Waals surface area contributed by atoms with Crippen LogP contribution in [0.2, 0.25) is 0 Å². The van der Waals surface area contributed by atoms with Crippen LogP contribution in [0.3, 0.4) is 0 Å². The quantitative estimate of drug-likeness (QED) is 0.351. The lowest BCUT2D eigenvalue weighted by Gasteiger charge is -2.29. The van der Waals surface area contributed by atoms with Crippen LogP contribution in [0.5, 0.6) is 11.5 Å². The van der Waals surface area contributed by atoms with E-state index in [-0.39, 0.29) is 12.0 Å². The van der Waals surface area contributed by atoms with Crippen molar-refractivity contribution in [3.8, 4) is 40.0 Å². The summed E-state index contributed by atoms with van der Waals surface area (Å²) >= 11 is 0. The summed E-state index contributed by atoms with van der Waals surface area (Å²) in [5.41, 5.74) is 4.67. The van der Waals surface area contributed by atoms with Gasteiger partial charge in [0, 0.05) is 50.6 Å². The highest BCUT2D eigenvalue weighted by atomic mass is 16.5. The first-order valence-corrected chi connectivity index (χ1v) is 12.6. The van der Waals surface area contributed by atoms with Gasteiger partial charge in [-0.25, -0.2) is 0 Å². The van der Waals surface area contributed by atoms with Crippen molar-refractivity contribution in [3.05, 3.63) is 65.9 Å². The molecule has 2 aromatic carbocycles. The number of nitrogens with zero attached hydrogens (tertiary/aromatic N) is 4. The maximum atomic E-state index is 12.4. The van der Waals surface area contributed by atoms with Gasteiger partial charge in [0.05, 0.1) is 18.2 Å². The lowest BCUT2D eigenvalue weighted by Crippen LogP contribution is -2.35. The minimum absolute atomic E-state index is 0.110. The van der Waals surface area contributed by atoms with E-state index in [0.29, 0.717) is 45.0 Å². The lowest BCUT2D eigenvalue weighted by atomic mass is 10.0. The molecule has 1 aliphatic heterocycles. The number of hydrogen-bond acceptors (Lipinski definition) is 7. The number of piperidine rings is 1. The topological polar surface area (TPSA) is 91.8 Å².